The maximum atomic E-state index is 3.59. The molecule has 0 aromatic rings. The molecule has 1 aliphatic heterocycles. The van der Waals surface area contributed by atoms with Gasteiger partial charge in [-0.2, -0.15) is 11.8 Å². The molecular formula is C16H32N2S. The first kappa shape index (κ1) is 15.7. The van der Waals surface area contributed by atoms with E-state index in [1.165, 1.54) is 44.6 Å². The number of nitrogens with zero attached hydrogens (tertiary/aromatic N) is 1. The molecule has 0 radical (unpaired) electrons. The van der Waals surface area contributed by atoms with Crippen molar-refractivity contribution in [2.75, 3.05) is 32.4 Å². The van der Waals surface area contributed by atoms with Crippen molar-refractivity contribution >= 4 is 11.8 Å². The van der Waals surface area contributed by atoms with E-state index >= 15 is 0 Å². The number of thioether (sulfide) groups is 1. The predicted molar refractivity (Wildman–Crippen MR) is 86.9 cm³/mol. The van der Waals surface area contributed by atoms with Crippen LogP contribution in [0.5, 0.6) is 0 Å². The number of nitrogens with one attached hydrogen (secondary N) is 1. The van der Waals surface area contributed by atoms with Crippen molar-refractivity contribution in [1.29, 1.82) is 0 Å². The minimum atomic E-state index is 0.472. The van der Waals surface area contributed by atoms with Crippen LogP contribution in [0.3, 0.4) is 0 Å². The number of hydrogen-bond donors (Lipinski definition) is 1. The Balaban J connectivity index is 1.91. The monoisotopic (exact) mass is 284 g/mol. The summed E-state index contributed by atoms with van der Waals surface area (Å²) in [5.41, 5.74) is 0.472. The van der Waals surface area contributed by atoms with E-state index in [2.05, 4.69) is 56.7 Å². The standard InChI is InChI=1S/C16H32N2S/c1-15(2)7-6-13(14(15)17-5)12-18-9-8-16(3,4)19-11-10-18/h13-14,17H,6-12H2,1-5H3. The molecule has 2 fully saturated rings. The van der Waals surface area contributed by atoms with E-state index in [0.717, 1.165) is 5.92 Å². The summed E-state index contributed by atoms with van der Waals surface area (Å²) < 4.78 is 0.478. The summed E-state index contributed by atoms with van der Waals surface area (Å²) in [6, 6.07) is 0.691. The summed E-state index contributed by atoms with van der Waals surface area (Å²) in [5, 5.41) is 3.59. The second kappa shape index (κ2) is 5.95. The fourth-order valence-electron chi connectivity index (χ4n) is 3.92. The highest BCUT2D eigenvalue weighted by Gasteiger charge is 2.41. The molecule has 0 amide bonds. The van der Waals surface area contributed by atoms with Crippen LogP contribution in [0.15, 0.2) is 0 Å². The summed E-state index contributed by atoms with van der Waals surface area (Å²) in [5.74, 6) is 2.14. The van der Waals surface area contributed by atoms with Gasteiger partial charge in [0.05, 0.1) is 0 Å². The smallest absolute Gasteiger partial charge is 0.0156 e. The highest BCUT2D eigenvalue weighted by Crippen LogP contribution is 2.42. The average Bonchev–Trinajstić information content (AvgIpc) is 2.48. The van der Waals surface area contributed by atoms with Crippen LogP contribution in [0.2, 0.25) is 0 Å². The molecule has 2 rings (SSSR count). The van der Waals surface area contributed by atoms with E-state index < -0.39 is 0 Å². The molecule has 1 aliphatic carbocycles. The van der Waals surface area contributed by atoms with Gasteiger partial charge < -0.3 is 10.2 Å². The quantitative estimate of drug-likeness (QED) is 0.856. The van der Waals surface area contributed by atoms with E-state index in [0.29, 0.717) is 16.2 Å². The lowest BCUT2D eigenvalue weighted by atomic mass is 9.85. The minimum absolute atomic E-state index is 0.472. The molecule has 0 spiro atoms. The van der Waals surface area contributed by atoms with Gasteiger partial charge in [0.25, 0.3) is 0 Å². The molecule has 1 saturated heterocycles. The molecule has 2 aliphatic rings. The van der Waals surface area contributed by atoms with Crippen LogP contribution in [-0.4, -0.2) is 48.1 Å². The molecule has 19 heavy (non-hydrogen) atoms. The van der Waals surface area contributed by atoms with Gasteiger partial charge in [0.2, 0.25) is 0 Å². The minimum Gasteiger partial charge on any atom is -0.316 e. The highest BCUT2D eigenvalue weighted by atomic mass is 32.2. The third-order valence-corrected chi connectivity index (χ3v) is 6.58. The second-order valence-electron chi connectivity index (χ2n) is 7.71. The molecule has 1 saturated carbocycles. The first-order valence-electron chi connectivity index (χ1n) is 7.88. The summed E-state index contributed by atoms with van der Waals surface area (Å²) in [4.78, 5) is 2.72. The Morgan fingerprint density at radius 2 is 1.89 bits per heavy atom. The van der Waals surface area contributed by atoms with Gasteiger partial charge in [0, 0.05) is 29.6 Å². The van der Waals surface area contributed by atoms with Gasteiger partial charge in [-0.05, 0) is 44.2 Å². The lowest BCUT2D eigenvalue weighted by Gasteiger charge is -2.33. The van der Waals surface area contributed by atoms with Crippen molar-refractivity contribution in [3.63, 3.8) is 0 Å². The maximum Gasteiger partial charge on any atom is 0.0156 e. The van der Waals surface area contributed by atoms with Gasteiger partial charge in [0.1, 0.15) is 0 Å². The molecular weight excluding hydrogens is 252 g/mol. The van der Waals surface area contributed by atoms with E-state index in [4.69, 9.17) is 0 Å². The van der Waals surface area contributed by atoms with Crippen molar-refractivity contribution in [2.45, 2.75) is 57.7 Å². The molecule has 1 N–H and O–H groups in total. The molecule has 0 aromatic carbocycles. The lowest BCUT2D eigenvalue weighted by Crippen LogP contribution is -2.44. The molecule has 0 aromatic heterocycles. The molecule has 2 nitrogen and oxygen atoms in total. The van der Waals surface area contributed by atoms with Crippen LogP contribution in [0.4, 0.5) is 0 Å². The summed E-state index contributed by atoms with van der Waals surface area (Å²) in [6.45, 7) is 13.5. The molecule has 0 bridgehead atoms. The van der Waals surface area contributed by atoms with Gasteiger partial charge in [-0.1, -0.05) is 27.7 Å². The molecule has 112 valence electrons. The Morgan fingerprint density at radius 3 is 2.58 bits per heavy atom. The van der Waals surface area contributed by atoms with E-state index in [1.807, 2.05) is 0 Å². The fourth-order valence-corrected chi connectivity index (χ4v) is 5.06. The Morgan fingerprint density at radius 1 is 1.16 bits per heavy atom. The zero-order chi connectivity index (χ0) is 14.1. The van der Waals surface area contributed by atoms with Gasteiger partial charge in [0.15, 0.2) is 0 Å². The van der Waals surface area contributed by atoms with Crippen LogP contribution in [0.25, 0.3) is 0 Å². The van der Waals surface area contributed by atoms with Gasteiger partial charge in [-0.15, -0.1) is 0 Å². The second-order valence-corrected chi connectivity index (χ2v) is 9.51. The van der Waals surface area contributed by atoms with Crippen LogP contribution in [-0.2, 0) is 0 Å². The molecule has 2 atom stereocenters. The zero-order valence-electron chi connectivity index (χ0n) is 13.5. The third-order valence-electron chi connectivity index (χ3n) is 5.21. The van der Waals surface area contributed by atoms with Crippen molar-refractivity contribution in [2.24, 2.45) is 11.3 Å². The number of rotatable bonds is 3. The first-order chi connectivity index (χ1) is 8.84. The third kappa shape index (κ3) is 3.89. The lowest BCUT2D eigenvalue weighted by molar-refractivity contribution is 0.193. The Labute approximate surface area is 124 Å². The normalized spacial score (nSPS) is 35.2. The zero-order valence-corrected chi connectivity index (χ0v) is 14.3. The predicted octanol–water partition coefficient (Wildman–Crippen LogP) is 3.23. The Hall–Kier alpha value is 0.270. The van der Waals surface area contributed by atoms with E-state index in [1.54, 1.807) is 0 Å². The number of hydrogen-bond acceptors (Lipinski definition) is 3. The topological polar surface area (TPSA) is 15.3 Å². The van der Waals surface area contributed by atoms with Crippen LogP contribution in [0.1, 0.15) is 47.0 Å². The maximum absolute atomic E-state index is 3.59. The van der Waals surface area contributed by atoms with E-state index in [9.17, 15) is 0 Å². The fraction of sp³-hybridized carbons (Fsp3) is 1.00. The van der Waals surface area contributed by atoms with Crippen molar-refractivity contribution in [1.82, 2.24) is 10.2 Å². The molecule has 3 heteroatoms. The van der Waals surface area contributed by atoms with E-state index in [-0.39, 0.29) is 0 Å². The summed E-state index contributed by atoms with van der Waals surface area (Å²) in [7, 11) is 2.14. The van der Waals surface area contributed by atoms with Gasteiger partial charge >= 0.3 is 0 Å². The largest absolute Gasteiger partial charge is 0.316 e. The van der Waals surface area contributed by atoms with Crippen LogP contribution >= 0.6 is 11.8 Å². The molecule has 1 heterocycles. The molecule has 2 unspecified atom stereocenters. The van der Waals surface area contributed by atoms with Crippen molar-refractivity contribution in [3.8, 4) is 0 Å². The highest BCUT2D eigenvalue weighted by molar-refractivity contribution is 8.00. The Bertz CT molecular complexity index is 301. The van der Waals surface area contributed by atoms with Gasteiger partial charge in [-0.3, -0.25) is 0 Å². The van der Waals surface area contributed by atoms with Crippen molar-refractivity contribution < 1.29 is 0 Å². The SMILES string of the molecule is CNC1C(CN2CCSC(C)(C)CC2)CCC1(C)C. The average molecular weight is 285 g/mol. The van der Waals surface area contributed by atoms with Crippen LogP contribution < -0.4 is 5.32 Å². The summed E-state index contributed by atoms with van der Waals surface area (Å²) in [6.07, 6.45) is 4.10. The summed E-state index contributed by atoms with van der Waals surface area (Å²) >= 11 is 2.15. The van der Waals surface area contributed by atoms with Crippen LogP contribution in [0, 0.1) is 11.3 Å². The van der Waals surface area contributed by atoms with Crippen molar-refractivity contribution in [3.05, 3.63) is 0 Å². The Kier molecular flexibility index (Phi) is 4.90. The first-order valence-corrected chi connectivity index (χ1v) is 8.86. The van der Waals surface area contributed by atoms with Gasteiger partial charge in [-0.25, -0.2) is 0 Å².